The van der Waals surface area contributed by atoms with E-state index in [4.69, 9.17) is 4.74 Å². The van der Waals surface area contributed by atoms with E-state index in [1.165, 1.54) is 0 Å². The number of hydrogen-bond donors (Lipinski definition) is 1. The van der Waals surface area contributed by atoms with Crippen LogP contribution < -0.4 is 5.76 Å². The van der Waals surface area contributed by atoms with Gasteiger partial charge in [-0.3, -0.25) is 9.51 Å². The van der Waals surface area contributed by atoms with Crippen molar-refractivity contribution in [3.63, 3.8) is 0 Å². The van der Waals surface area contributed by atoms with Gasteiger partial charge in [-0.25, -0.2) is 13.6 Å². The number of ether oxygens (including phenoxy) is 1. The number of benzene rings is 1. The first-order valence-corrected chi connectivity index (χ1v) is 8.14. The van der Waals surface area contributed by atoms with Crippen molar-refractivity contribution < 1.29 is 18.0 Å². The molecular weight excluding hydrogens is 318 g/mol. The van der Waals surface area contributed by atoms with E-state index in [1.54, 1.807) is 0 Å². The molecule has 1 N–H and O–H groups in total. The molecule has 0 bridgehead atoms. The van der Waals surface area contributed by atoms with Crippen molar-refractivity contribution in [2.24, 2.45) is 0 Å². The van der Waals surface area contributed by atoms with E-state index in [2.05, 4.69) is 14.7 Å². The van der Waals surface area contributed by atoms with Gasteiger partial charge in [0.25, 0.3) is 0 Å². The van der Waals surface area contributed by atoms with Crippen molar-refractivity contribution in [2.75, 3.05) is 6.61 Å². The minimum absolute atomic E-state index is 0.00130. The average Bonchev–Trinajstić information content (AvgIpc) is 2.98. The van der Waals surface area contributed by atoms with E-state index in [0.717, 1.165) is 16.7 Å². The van der Waals surface area contributed by atoms with Crippen LogP contribution in [-0.4, -0.2) is 22.7 Å². The molecule has 130 valence electrons. The molecule has 1 saturated carbocycles. The fourth-order valence-electron chi connectivity index (χ4n) is 3.27. The van der Waals surface area contributed by atoms with Crippen LogP contribution in [0.5, 0.6) is 0 Å². The van der Waals surface area contributed by atoms with Gasteiger partial charge in [0, 0.05) is 25.0 Å². The summed E-state index contributed by atoms with van der Waals surface area (Å²) in [6.07, 6.45) is 0.560. The molecule has 1 fully saturated rings. The van der Waals surface area contributed by atoms with Gasteiger partial charge in [-0.15, -0.1) is 0 Å². The molecular formula is C17H20F2N2O3. The monoisotopic (exact) mass is 338 g/mol. The first kappa shape index (κ1) is 16.8. The zero-order valence-corrected chi connectivity index (χ0v) is 13.5. The summed E-state index contributed by atoms with van der Waals surface area (Å²) in [5.41, 5.74) is 2.50. The van der Waals surface area contributed by atoms with Crippen molar-refractivity contribution >= 4 is 0 Å². The number of hydrogen-bond acceptors (Lipinski definition) is 4. The maximum Gasteiger partial charge on any atom is 0.439 e. The van der Waals surface area contributed by atoms with E-state index >= 15 is 0 Å². The van der Waals surface area contributed by atoms with Gasteiger partial charge in [0.05, 0.1) is 6.61 Å². The van der Waals surface area contributed by atoms with Gasteiger partial charge in [-0.05, 0) is 36.8 Å². The van der Waals surface area contributed by atoms with E-state index in [9.17, 15) is 13.6 Å². The molecule has 0 aliphatic heterocycles. The minimum atomic E-state index is -2.58. The maximum absolute atomic E-state index is 13.5. The summed E-state index contributed by atoms with van der Waals surface area (Å²) in [6, 6.07) is 5.68. The highest BCUT2D eigenvalue weighted by atomic mass is 19.3. The molecule has 0 spiro atoms. The highest BCUT2D eigenvalue weighted by molar-refractivity contribution is 5.65. The third-order valence-electron chi connectivity index (χ3n) is 4.48. The molecule has 0 radical (unpaired) electrons. The Hall–Kier alpha value is -2.02. The van der Waals surface area contributed by atoms with Crippen LogP contribution in [0.15, 0.2) is 27.5 Å². The van der Waals surface area contributed by atoms with E-state index in [0.29, 0.717) is 31.9 Å². The number of alkyl halides is 2. The first-order chi connectivity index (χ1) is 11.5. The van der Waals surface area contributed by atoms with Gasteiger partial charge < -0.3 is 4.74 Å². The lowest BCUT2D eigenvalue weighted by Crippen LogP contribution is -2.24. The van der Waals surface area contributed by atoms with Crippen LogP contribution in [0.25, 0.3) is 11.4 Å². The standard InChI is InChI=1S/C17H20F2N2O3/c1-2-23-10-12-4-3-5-13(11-6-8-17(18,19)9-7-11)14(12)15-20-16(22)24-21-15/h3-5,11H,2,6-10H2,1H3,(H,20,21,22). The predicted molar refractivity (Wildman–Crippen MR) is 84.0 cm³/mol. The molecule has 0 atom stereocenters. The quantitative estimate of drug-likeness (QED) is 0.899. The lowest BCUT2D eigenvalue weighted by atomic mass is 9.79. The second-order valence-corrected chi connectivity index (χ2v) is 6.09. The number of aromatic amines is 1. The van der Waals surface area contributed by atoms with Gasteiger partial charge in [0.1, 0.15) is 0 Å². The Morgan fingerprint density at radius 1 is 1.38 bits per heavy atom. The van der Waals surface area contributed by atoms with Crippen LogP contribution in [0.3, 0.4) is 0 Å². The van der Waals surface area contributed by atoms with Gasteiger partial charge in [0.15, 0.2) is 5.82 Å². The Bertz CT molecular complexity index is 744. The molecule has 1 aromatic carbocycles. The summed E-state index contributed by atoms with van der Waals surface area (Å²) in [7, 11) is 0. The average molecular weight is 338 g/mol. The van der Waals surface area contributed by atoms with Crippen molar-refractivity contribution in [1.29, 1.82) is 0 Å². The normalized spacial score (nSPS) is 18.0. The van der Waals surface area contributed by atoms with Gasteiger partial charge >= 0.3 is 5.76 Å². The molecule has 0 saturated heterocycles. The molecule has 0 amide bonds. The molecule has 1 aromatic heterocycles. The topological polar surface area (TPSA) is 68.1 Å². The van der Waals surface area contributed by atoms with Crippen molar-refractivity contribution in [2.45, 2.75) is 51.1 Å². The summed E-state index contributed by atoms with van der Waals surface area (Å²) >= 11 is 0. The van der Waals surface area contributed by atoms with Crippen LogP contribution in [0.2, 0.25) is 0 Å². The zero-order valence-electron chi connectivity index (χ0n) is 13.5. The highest BCUT2D eigenvalue weighted by Crippen LogP contribution is 2.43. The van der Waals surface area contributed by atoms with E-state index in [1.807, 2.05) is 25.1 Å². The Labute approximate surface area is 138 Å². The Morgan fingerprint density at radius 3 is 2.75 bits per heavy atom. The third kappa shape index (κ3) is 3.56. The van der Waals surface area contributed by atoms with Crippen molar-refractivity contribution in [1.82, 2.24) is 10.1 Å². The summed E-state index contributed by atoms with van der Waals surface area (Å²) in [5, 5.41) is 3.79. The Balaban J connectivity index is 2.00. The van der Waals surface area contributed by atoms with E-state index in [-0.39, 0.29) is 18.8 Å². The van der Waals surface area contributed by atoms with Crippen molar-refractivity contribution in [3.05, 3.63) is 39.9 Å². The number of H-pyrrole nitrogens is 1. The molecule has 24 heavy (non-hydrogen) atoms. The SMILES string of the molecule is CCOCc1cccc(C2CCC(F)(F)CC2)c1-c1noc(=O)[nH]1. The summed E-state index contributed by atoms with van der Waals surface area (Å²) in [5.74, 6) is -2.90. The van der Waals surface area contributed by atoms with Gasteiger partial charge in [-0.1, -0.05) is 23.4 Å². The fourth-order valence-corrected chi connectivity index (χ4v) is 3.27. The smallest absolute Gasteiger partial charge is 0.377 e. The largest absolute Gasteiger partial charge is 0.439 e. The minimum Gasteiger partial charge on any atom is -0.377 e. The maximum atomic E-state index is 13.5. The second-order valence-electron chi connectivity index (χ2n) is 6.09. The second kappa shape index (κ2) is 6.84. The fraction of sp³-hybridized carbons (Fsp3) is 0.529. The molecule has 1 heterocycles. The summed E-state index contributed by atoms with van der Waals surface area (Å²) in [6.45, 7) is 2.80. The number of halogens is 2. The molecule has 7 heteroatoms. The summed E-state index contributed by atoms with van der Waals surface area (Å²) < 4.78 is 37.1. The van der Waals surface area contributed by atoms with Crippen LogP contribution in [0, 0.1) is 0 Å². The molecule has 1 aliphatic carbocycles. The van der Waals surface area contributed by atoms with Gasteiger partial charge in [-0.2, -0.15) is 0 Å². The molecule has 5 nitrogen and oxygen atoms in total. The summed E-state index contributed by atoms with van der Waals surface area (Å²) in [4.78, 5) is 13.9. The first-order valence-electron chi connectivity index (χ1n) is 8.14. The Kier molecular flexibility index (Phi) is 4.80. The molecule has 1 aliphatic rings. The molecule has 2 aromatic rings. The van der Waals surface area contributed by atoms with Crippen LogP contribution in [0.1, 0.15) is 49.7 Å². The number of aromatic nitrogens is 2. The zero-order chi connectivity index (χ0) is 17.2. The van der Waals surface area contributed by atoms with Crippen LogP contribution in [-0.2, 0) is 11.3 Å². The lowest BCUT2D eigenvalue weighted by molar-refractivity contribution is -0.0382. The predicted octanol–water partition coefficient (Wildman–Crippen LogP) is 3.86. The number of nitrogens with zero attached hydrogens (tertiary/aromatic N) is 1. The Morgan fingerprint density at radius 2 is 2.12 bits per heavy atom. The van der Waals surface area contributed by atoms with Crippen molar-refractivity contribution in [3.8, 4) is 11.4 Å². The highest BCUT2D eigenvalue weighted by Gasteiger charge is 2.36. The van der Waals surface area contributed by atoms with Crippen LogP contribution in [0.4, 0.5) is 8.78 Å². The molecule has 3 rings (SSSR count). The lowest BCUT2D eigenvalue weighted by Gasteiger charge is -2.30. The molecule has 0 unspecified atom stereocenters. The van der Waals surface area contributed by atoms with E-state index < -0.39 is 11.7 Å². The van der Waals surface area contributed by atoms with Crippen LogP contribution >= 0.6 is 0 Å². The van der Waals surface area contributed by atoms with Gasteiger partial charge in [0.2, 0.25) is 5.92 Å². The third-order valence-corrected chi connectivity index (χ3v) is 4.48. The number of nitrogens with one attached hydrogen (secondary N) is 1. The number of rotatable bonds is 5.